The number of carbonyl (C=O) groups is 2. The highest BCUT2D eigenvalue weighted by Gasteiger charge is 2.44. The summed E-state index contributed by atoms with van der Waals surface area (Å²) in [5.41, 5.74) is -0.939. The van der Waals surface area contributed by atoms with Crippen LogP contribution in [0.4, 0.5) is 4.79 Å². The van der Waals surface area contributed by atoms with E-state index in [-0.39, 0.29) is 12.3 Å². The molecule has 0 aromatic carbocycles. The van der Waals surface area contributed by atoms with Crippen LogP contribution in [-0.2, 0) is 9.53 Å². The van der Waals surface area contributed by atoms with Gasteiger partial charge in [0.2, 0.25) is 0 Å². The van der Waals surface area contributed by atoms with Crippen LogP contribution < -0.4 is 5.32 Å². The molecule has 0 aromatic heterocycles. The van der Waals surface area contributed by atoms with Crippen LogP contribution in [0.2, 0.25) is 0 Å². The largest absolute Gasteiger partial charge is 0.481 e. The van der Waals surface area contributed by atoms with E-state index >= 15 is 0 Å². The molecule has 0 saturated heterocycles. The Hall–Kier alpha value is -1.26. The van der Waals surface area contributed by atoms with Crippen molar-refractivity contribution >= 4 is 12.1 Å². The summed E-state index contributed by atoms with van der Waals surface area (Å²) in [6.07, 6.45) is 2.26. The molecule has 0 spiro atoms. The molecular formula is C13H23NO4. The fourth-order valence-corrected chi connectivity index (χ4v) is 2.26. The van der Waals surface area contributed by atoms with E-state index in [4.69, 9.17) is 9.84 Å². The van der Waals surface area contributed by atoms with Gasteiger partial charge in [-0.1, -0.05) is 6.92 Å². The molecule has 0 unspecified atom stereocenters. The molecule has 5 nitrogen and oxygen atoms in total. The Balaban J connectivity index is 2.60. The van der Waals surface area contributed by atoms with Gasteiger partial charge in [-0.05, 0) is 46.0 Å². The SMILES string of the molecule is C[C@@H](CC(=O)O)C1(NC(=O)OC(C)(C)C)CCC1. The lowest BCUT2D eigenvalue weighted by Crippen LogP contribution is -2.58. The van der Waals surface area contributed by atoms with E-state index in [2.05, 4.69) is 5.32 Å². The van der Waals surface area contributed by atoms with Crippen molar-refractivity contribution in [3.63, 3.8) is 0 Å². The molecule has 1 fully saturated rings. The minimum absolute atomic E-state index is 0.0653. The number of carboxylic acids is 1. The predicted molar refractivity (Wildman–Crippen MR) is 67.4 cm³/mol. The van der Waals surface area contributed by atoms with Crippen molar-refractivity contribution in [2.24, 2.45) is 5.92 Å². The summed E-state index contributed by atoms with van der Waals surface area (Å²) in [6, 6.07) is 0. The standard InChI is InChI=1S/C13H23NO4/c1-9(8-10(15)16)13(6-5-7-13)14-11(17)18-12(2,3)4/h9H,5-8H2,1-4H3,(H,14,17)(H,15,16)/t9-/m0/s1. The van der Waals surface area contributed by atoms with Crippen LogP contribution >= 0.6 is 0 Å². The van der Waals surface area contributed by atoms with Crippen molar-refractivity contribution < 1.29 is 19.4 Å². The minimum Gasteiger partial charge on any atom is -0.481 e. The van der Waals surface area contributed by atoms with E-state index in [1.807, 2.05) is 6.92 Å². The first-order valence-electron chi connectivity index (χ1n) is 6.38. The van der Waals surface area contributed by atoms with E-state index in [1.165, 1.54) is 0 Å². The summed E-state index contributed by atoms with van der Waals surface area (Å²) in [5.74, 6) is -0.920. The number of hydrogen-bond acceptors (Lipinski definition) is 3. The Morgan fingerprint density at radius 3 is 2.28 bits per heavy atom. The molecule has 2 N–H and O–H groups in total. The van der Waals surface area contributed by atoms with Crippen LogP contribution in [0.15, 0.2) is 0 Å². The maximum Gasteiger partial charge on any atom is 0.408 e. The van der Waals surface area contributed by atoms with Gasteiger partial charge in [0.05, 0.1) is 6.42 Å². The zero-order valence-electron chi connectivity index (χ0n) is 11.6. The van der Waals surface area contributed by atoms with E-state index in [0.717, 1.165) is 19.3 Å². The molecule has 0 aromatic rings. The number of carbonyl (C=O) groups excluding carboxylic acids is 1. The summed E-state index contributed by atoms with van der Waals surface area (Å²) in [7, 11) is 0. The number of ether oxygens (including phenoxy) is 1. The Morgan fingerprint density at radius 1 is 1.39 bits per heavy atom. The first-order valence-corrected chi connectivity index (χ1v) is 6.38. The second-order valence-electron chi connectivity index (χ2n) is 6.14. The lowest BCUT2D eigenvalue weighted by atomic mass is 9.67. The molecule has 1 amide bonds. The van der Waals surface area contributed by atoms with Crippen LogP contribution in [0.5, 0.6) is 0 Å². The molecular weight excluding hydrogens is 234 g/mol. The van der Waals surface area contributed by atoms with Crippen molar-refractivity contribution in [3.05, 3.63) is 0 Å². The molecule has 1 atom stereocenters. The molecule has 1 rings (SSSR count). The number of alkyl carbamates (subject to hydrolysis) is 1. The summed E-state index contributed by atoms with van der Waals surface area (Å²) in [6.45, 7) is 7.28. The topological polar surface area (TPSA) is 75.6 Å². The number of nitrogens with one attached hydrogen (secondary N) is 1. The predicted octanol–water partition coefficient (Wildman–Crippen LogP) is 2.54. The van der Waals surface area contributed by atoms with Crippen molar-refractivity contribution in [1.29, 1.82) is 0 Å². The summed E-state index contributed by atoms with van der Waals surface area (Å²) < 4.78 is 5.23. The summed E-state index contributed by atoms with van der Waals surface area (Å²) in [5, 5.41) is 11.7. The first-order chi connectivity index (χ1) is 8.15. The summed E-state index contributed by atoms with van der Waals surface area (Å²) in [4.78, 5) is 22.5. The zero-order chi connectivity index (χ0) is 14.0. The van der Waals surface area contributed by atoms with Gasteiger partial charge in [-0.2, -0.15) is 0 Å². The molecule has 0 heterocycles. The average molecular weight is 257 g/mol. The number of carboxylic acid groups (broad SMARTS) is 1. The van der Waals surface area contributed by atoms with Crippen LogP contribution in [0, 0.1) is 5.92 Å². The van der Waals surface area contributed by atoms with Gasteiger partial charge in [0, 0.05) is 5.54 Å². The third-order valence-electron chi connectivity index (χ3n) is 3.42. The molecule has 1 saturated carbocycles. The normalized spacial score (nSPS) is 19.6. The van der Waals surface area contributed by atoms with Gasteiger partial charge in [-0.25, -0.2) is 4.79 Å². The average Bonchev–Trinajstić information content (AvgIpc) is 2.06. The third kappa shape index (κ3) is 3.89. The van der Waals surface area contributed by atoms with Crippen molar-refractivity contribution in [3.8, 4) is 0 Å². The van der Waals surface area contributed by atoms with Crippen molar-refractivity contribution in [2.75, 3.05) is 0 Å². The first kappa shape index (κ1) is 14.8. The van der Waals surface area contributed by atoms with Crippen molar-refractivity contribution in [2.45, 2.75) is 64.5 Å². The van der Waals surface area contributed by atoms with Gasteiger partial charge in [0.15, 0.2) is 0 Å². The fourth-order valence-electron chi connectivity index (χ4n) is 2.26. The van der Waals surface area contributed by atoms with Gasteiger partial charge in [-0.15, -0.1) is 0 Å². The molecule has 1 aliphatic carbocycles. The zero-order valence-corrected chi connectivity index (χ0v) is 11.6. The highest BCUT2D eigenvalue weighted by molar-refractivity contribution is 5.70. The van der Waals surface area contributed by atoms with E-state index in [0.29, 0.717) is 0 Å². The van der Waals surface area contributed by atoms with E-state index in [9.17, 15) is 9.59 Å². The van der Waals surface area contributed by atoms with Crippen LogP contribution in [-0.4, -0.2) is 28.3 Å². The second kappa shape index (κ2) is 5.16. The Kier molecular flexibility index (Phi) is 4.24. The lowest BCUT2D eigenvalue weighted by molar-refractivity contribution is -0.139. The number of rotatable bonds is 4. The Morgan fingerprint density at radius 2 is 1.94 bits per heavy atom. The van der Waals surface area contributed by atoms with Gasteiger partial charge in [-0.3, -0.25) is 4.79 Å². The highest BCUT2D eigenvalue weighted by atomic mass is 16.6. The molecule has 1 aliphatic rings. The lowest BCUT2D eigenvalue weighted by Gasteiger charge is -2.46. The number of aliphatic carboxylic acids is 1. The molecule has 0 bridgehead atoms. The second-order valence-corrected chi connectivity index (χ2v) is 6.14. The smallest absolute Gasteiger partial charge is 0.408 e. The van der Waals surface area contributed by atoms with Crippen LogP contribution in [0.3, 0.4) is 0 Å². The molecule has 0 radical (unpaired) electrons. The minimum atomic E-state index is -0.834. The molecule has 18 heavy (non-hydrogen) atoms. The number of amides is 1. The Bertz CT molecular complexity index is 328. The molecule has 104 valence electrons. The van der Waals surface area contributed by atoms with Crippen molar-refractivity contribution in [1.82, 2.24) is 5.32 Å². The van der Waals surface area contributed by atoms with Gasteiger partial charge >= 0.3 is 12.1 Å². The fraction of sp³-hybridized carbons (Fsp3) is 0.846. The maximum absolute atomic E-state index is 11.8. The van der Waals surface area contributed by atoms with Gasteiger partial charge in [0.25, 0.3) is 0 Å². The number of hydrogen-bond donors (Lipinski definition) is 2. The van der Waals surface area contributed by atoms with Gasteiger partial charge in [0.1, 0.15) is 5.60 Å². The maximum atomic E-state index is 11.8. The van der Waals surface area contributed by atoms with Crippen LogP contribution in [0.25, 0.3) is 0 Å². The summed E-state index contributed by atoms with van der Waals surface area (Å²) >= 11 is 0. The van der Waals surface area contributed by atoms with E-state index in [1.54, 1.807) is 20.8 Å². The highest BCUT2D eigenvalue weighted by Crippen LogP contribution is 2.40. The van der Waals surface area contributed by atoms with E-state index < -0.39 is 23.2 Å². The monoisotopic (exact) mass is 257 g/mol. The quantitative estimate of drug-likeness (QED) is 0.811. The molecule has 5 heteroatoms. The molecule has 0 aliphatic heterocycles. The van der Waals surface area contributed by atoms with Crippen LogP contribution in [0.1, 0.15) is 53.4 Å². The van der Waals surface area contributed by atoms with Gasteiger partial charge < -0.3 is 15.2 Å². The third-order valence-corrected chi connectivity index (χ3v) is 3.42. The Labute approximate surface area is 108 Å².